The number of anilines is 1. The molecule has 0 heterocycles. The highest BCUT2D eigenvalue weighted by Gasteiger charge is 2.09. The molecule has 0 aliphatic heterocycles. The number of carboxylic acids is 1. The predicted molar refractivity (Wildman–Crippen MR) is 84.1 cm³/mol. The summed E-state index contributed by atoms with van der Waals surface area (Å²) in [5, 5.41) is 18.4. The Bertz CT molecular complexity index is 634. The molecule has 0 fully saturated rings. The lowest BCUT2D eigenvalue weighted by Gasteiger charge is -2.07. The Balaban J connectivity index is 1.94. The summed E-state index contributed by atoms with van der Waals surface area (Å²) in [7, 11) is 0. The number of benzene rings is 2. The third-order valence-corrected chi connectivity index (χ3v) is 3.90. The van der Waals surface area contributed by atoms with Gasteiger partial charge in [-0.3, -0.25) is 0 Å². The van der Waals surface area contributed by atoms with Crippen LogP contribution in [0.2, 0.25) is 0 Å². The predicted octanol–water partition coefficient (Wildman–Crippen LogP) is 4.11. The van der Waals surface area contributed by atoms with Gasteiger partial charge in [0.15, 0.2) is 0 Å². The average Bonchev–Trinajstić information content (AvgIpc) is 2.38. The van der Waals surface area contributed by atoms with E-state index in [4.69, 9.17) is 5.11 Å². The Hall–Kier alpha value is -1.66. The van der Waals surface area contributed by atoms with Crippen molar-refractivity contribution in [3.05, 3.63) is 58.1 Å². The van der Waals surface area contributed by atoms with Crippen LogP contribution in [0.3, 0.4) is 0 Å². The first kappa shape index (κ1) is 14.7. The molecule has 104 valence electrons. The van der Waals surface area contributed by atoms with E-state index in [0.717, 1.165) is 15.8 Å². The number of nitrogens with one attached hydrogen (secondary N) is 1. The first-order valence-corrected chi connectivity index (χ1v) is 7.52. The van der Waals surface area contributed by atoms with Gasteiger partial charge in [0.25, 0.3) is 0 Å². The zero-order chi connectivity index (χ0) is 14.5. The molecule has 0 saturated carbocycles. The van der Waals surface area contributed by atoms with Crippen LogP contribution in [-0.2, 0) is 5.75 Å². The van der Waals surface area contributed by atoms with Gasteiger partial charge < -0.3 is 14.9 Å². The number of hydrogen-bond acceptors (Lipinski definition) is 4. The van der Waals surface area contributed by atoms with Gasteiger partial charge in [-0.25, -0.2) is 4.79 Å². The first-order chi connectivity index (χ1) is 9.56. The standard InChI is InChI=1S/C14H12BrNO3S/c15-10-3-1-2-9(6-10)8-20-16-11-4-5-12(14(18)19)13(17)7-11/h1-7,16-17H,8H2,(H,18,19). The molecule has 0 aliphatic rings. The lowest BCUT2D eigenvalue weighted by atomic mass is 10.2. The molecule has 0 spiro atoms. The number of phenols is 1. The molecule has 3 N–H and O–H groups in total. The second kappa shape index (κ2) is 6.67. The maximum Gasteiger partial charge on any atom is 0.339 e. The van der Waals surface area contributed by atoms with E-state index in [9.17, 15) is 9.90 Å². The topological polar surface area (TPSA) is 69.6 Å². The van der Waals surface area contributed by atoms with Crippen LogP contribution in [0.4, 0.5) is 5.69 Å². The van der Waals surface area contributed by atoms with Crippen LogP contribution in [-0.4, -0.2) is 16.2 Å². The number of carboxylic acid groups (broad SMARTS) is 1. The number of carbonyl (C=O) groups is 1. The van der Waals surface area contributed by atoms with E-state index in [1.165, 1.54) is 24.1 Å². The van der Waals surface area contributed by atoms with Gasteiger partial charge in [0.2, 0.25) is 0 Å². The van der Waals surface area contributed by atoms with Crippen LogP contribution < -0.4 is 4.72 Å². The van der Waals surface area contributed by atoms with Crippen molar-refractivity contribution in [3.63, 3.8) is 0 Å². The molecule has 0 bridgehead atoms. The van der Waals surface area contributed by atoms with E-state index in [2.05, 4.69) is 20.7 Å². The molecule has 0 amide bonds. The lowest BCUT2D eigenvalue weighted by molar-refractivity contribution is 0.0694. The molecule has 2 rings (SSSR count). The van der Waals surface area contributed by atoms with Crippen molar-refractivity contribution in [1.29, 1.82) is 0 Å². The summed E-state index contributed by atoms with van der Waals surface area (Å²) < 4.78 is 4.09. The van der Waals surface area contributed by atoms with E-state index >= 15 is 0 Å². The minimum absolute atomic E-state index is 0.104. The van der Waals surface area contributed by atoms with Crippen LogP contribution in [0.5, 0.6) is 5.75 Å². The first-order valence-electron chi connectivity index (χ1n) is 5.75. The fraction of sp³-hybridized carbons (Fsp3) is 0.0714. The molecule has 6 heteroatoms. The molecule has 0 radical (unpaired) electrons. The molecular weight excluding hydrogens is 342 g/mol. The van der Waals surface area contributed by atoms with Gasteiger partial charge in [-0.2, -0.15) is 0 Å². The number of aromatic hydroxyl groups is 1. The van der Waals surface area contributed by atoms with Gasteiger partial charge in [0.05, 0.1) is 0 Å². The molecule has 0 unspecified atom stereocenters. The van der Waals surface area contributed by atoms with Crippen LogP contribution >= 0.6 is 27.9 Å². The van der Waals surface area contributed by atoms with Crippen molar-refractivity contribution in [2.24, 2.45) is 0 Å². The number of aromatic carboxylic acids is 1. The van der Waals surface area contributed by atoms with E-state index in [-0.39, 0.29) is 11.3 Å². The molecule has 4 nitrogen and oxygen atoms in total. The summed E-state index contributed by atoms with van der Waals surface area (Å²) in [5.41, 5.74) is 1.71. The summed E-state index contributed by atoms with van der Waals surface area (Å²) in [6.07, 6.45) is 0. The molecule has 0 aliphatic carbocycles. The smallest absolute Gasteiger partial charge is 0.339 e. The van der Waals surface area contributed by atoms with Crippen molar-refractivity contribution in [3.8, 4) is 5.75 Å². The van der Waals surface area contributed by atoms with Gasteiger partial charge in [-0.05, 0) is 41.8 Å². The van der Waals surface area contributed by atoms with Crippen LogP contribution in [0.1, 0.15) is 15.9 Å². The number of rotatable bonds is 5. The highest BCUT2D eigenvalue weighted by atomic mass is 79.9. The zero-order valence-electron chi connectivity index (χ0n) is 10.3. The van der Waals surface area contributed by atoms with Crippen LogP contribution in [0.25, 0.3) is 0 Å². The molecule has 2 aromatic carbocycles. The highest BCUT2D eigenvalue weighted by Crippen LogP contribution is 2.25. The quantitative estimate of drug-likeness (QED) is 0.705. The Morgan fingerprint density at radius 2 is 2.05 bits per heavy atom. The molecular formula is C14H12BrNO3S. The summed E-state index contributed by atoms with van der Waals surface area (Å²) in [4.78, 5) is 10.8. The second-order valence-electron chi connectivity index (χ2n) is 4.06. The molecule has 0 atom stereocenters. The van der Waals surface area contributed by atoms with Crippen molar-refractivity contribution in [2.45, 2.75) is 5.75 Å². The lowest BCUT2D eigenvalue weighted by Crippen LogP contribution is -1.97. The summed E-state index contributed by atoms with van der Waals surface area (Å²) in [6.45, 7) is 0. The van der Waals surface area contributed by atoms with Crippen molar-refractivity contribution >= 4 is 39.5 Å². The SMILES string of the molecule is O=C(O)c1ccc(NSCc2cccc(Br)c2)cc1O. The van der Waals surface area contributed by atoms with Crippen molar-refractivity contribution in [2.75, 3.05) is 4.72 Å². The van der Waals surface area contributed by atoms with E-state index in [0.29, 0.717) is 5.69 Å². The maximum absolute atomic E-state index is 10.8. The largest absolute Gasteiger partial charge is 0.507 e. The zero-order valence-corrected chi connectivity index (χ0v) is 12.7. The Labute approximate surface area is 129 Å². The normalized spacial score (nSPS) is 10.2. The molecule has 0 aromatic heterocycles. The molecule has 20 heavy (non-hydrogen) atoms. The molecule has 0 saturated heterocycles. The van der Waals surface area contributed by atoms with Crippen molar-refractivity contribution < 1.29 is 15.0 Å². The maximum atomic E-state index is 10.8. The average molecular weight is 354 g/mol. The summed E-state index contributed by atoms with van der Waals surface area (Å²) >= 11 is 4.87. The van der Waals surface area contributed by atoms with E-state index in [1.807, 2.05) is 24.3 Å². The van der Waals surface area contributed by atoms with Crippen molar-refractivity contribution in [1.82, 2.24) is 0 Å². The fourth-order valence-electron chi connectivity index (χ4n) is 1.61. The monoisotopic (exact) mass is 353 g/mol. The van der Waals surface area contributed by atoms with E-state index in [1.54, 1.807) is 6.07 Å². The minimum Gasteiger partial charge on any atom is -0.507 e. The van der Waals surface area contributed by atoms with Gasteiger partial charge in [-0.15, -0.1) is 0 Å². The third kappa shape index (κ3) is 3.91. The highest BCUT2D eigenvalue weighted by molar-refractivity contribution is 9.10. The van der Waals surface area contributed by atoms with Gasteiger partial charge >= 0.3 is 5.97 Å². The minimum atomic E-state index is -1.14. The number of hydrogen-bond donors (Lipinski definition) is 3. The van der Waals surface area contributed by atoms with Crippen LogP contribution in [0, 0.1) is 0 Å². The fourth-order valence-corrected chi connectivity index (χ4v) is 2.76. The van der Waals surface area contributed by atoms with Gasteiger partial charge in [0.1, 0.15) is 11.3 Å². The summed E-state index contributed by atoms with van der Waals surface area (Å²) in [5.74, 6) is -0.637. The second-order valence-corrected chi connectivity index (χ2v) is 5.75. The third-order valence-electron chi connectivity index (χ3n) is 2.55. The Morgan fingerprint density at radius 1 is 1.25 bits per heavy atom. The number of halogens is 1. The van der Waals surface area contributed by atoms with Gasteiger partial charge in [0, 0.05) is 22.0 Å². The van der Waals surface area contributed by atoms with Gasteiger partial charge in [-0.1, -0.05) is 28.1 Å². The van der Waals surface area contributed by atoms with E-state index < -0.39 is 5.97 Å². The Kier molecular flexibility index (Phi) is 4.92. The Morgan fingerprint density at radius 3 is 2.70 bits per heavy atom. The summed E-state index contributed by atoms with van der Waals surface area (Å²) in [6, 6.07) is 12.4. The molecule has 2 aromatic rings. The van der Waals surface area contributed by atoms with Crippen LogP contribution in [0.15, 0.2) is 46.9 Å².